The molecule has 8 heteroatoms. The van der Waals surface area contributed by atoms with Gasteiger partial charge in [-0.1, -0.05) is 0 Å². The Labute approximate surface area is 162 Å². The number of amides is 2. The summed E-state index contributed by atoms with van der Waals surface area (Å²) in [5, 5.41) is 4.15. The Morgan fingerprint density at radius 2 is 1.89 bits per heavy atom. The molecule has 2 aromatic rings. The molecule has 0 aliphatic carbocycles. The fourth-order valence-electron chi connectivity index (χ4n) is 3.87. The lowest BCUT2D eigenvalue weighted by Gasteiger charge is -2.47. The smallest absolute Gasteiger partial charge is 0.257 e. The van der Waals surface area contributed by atoms with Crippen molar-refractivity contribution >= 4 is 17.5 Å². The van der Waals surface area contributed by atoms with Gasteiger partial charge in [0.2, 0.25) is 0 Å². The van der Waals surface area contributed by atoms with Gasteiger partial charge in [-0.15, -0.1) is 0 Å². The number of halogens is 1. The van der Waals surface area contributed by atoms with Gasteiger partial charge in [0.1, 0.15) is 12.4 Å². The van der Waals surface area contributed by atoms with E-state index in [1.54, 1.807) is 27.9 Å². The third kappa shape index (κ3) is 3.28. The minimum absolute atomic E-state index is 0.00691. The number of nitrogens with zero attached hydrogens (tertiary/aromatic N) is 4. The molecule has 2 aliphatic heterocycles. The normalized spacial score (nSPS) is 19.3. The van der Waals surface area contributed by atoms with Crippen LogP contribution in [-0.2, 0) is 16.6 Å². The van der Waals surface area contributed by atoms with E-state index in [1.165, 1.54) is 12.1 Å². The molecule has 0 bridgehead atoms. The van der Waals surface area contributed by atoms with Gasteiger partial charge in [-0.25, -0.2) is 4.39 Å². The Hall–Kier alpha value is -2.74. The van der Waals surface area contributed by atoms with Crippen LogP contribution in [0.2, 0.25) is 0 Å². The van der Waals surface area contributed by atoms with Crippen molar-refractivity contribution in [3.63, 3.8) is 0 Å². The van der Waals surface area contributed by atoms with E-state index in [1.807, 2.05) is 18.9 Å². The lowest BCUT2D eigenvalue weighted by Crippen LogP contribution is -2.59. The van der Waals surface area contributed by atoms with Crippen LogP contribution in [0.4, 0.5) is 10.1 Å². The van der Waals surface area contributed by atoms with Crippen LogP contribution in [0.15, 0.2) is 30.5 Å². The SMILES string of the molecule is Cc1c(C(=O)N2CCC3(CC2)CN(c2ccc(F)cc2)C(=O)CO3)cnn1C. The third-order valence-electron chi connectivity index (χ3n) is 5.81. The first-order chi connectivity index (χ1) is 13.4. The first-order valence-electron chi connectivity index (χ1n) is 9.36. The second-order valence-electron chi connectivity index (χ2n) is 7.49. The zero-order chi connectivity index (χ0) is 19.9. The topological polar surface area (TPSA) is 67.7 Å². The van der Waals surface area contributed by atoms with Gasteiger partial charge in [-0.2, -0.15) is 5.10 Å². The van der Waals surface area contributed by atoms with Crippen molar-refractivity contribution in [2.24, 2.45) is 7.05 Å². The number of hydrogen-bond acceptors (Lipinski definition) is 4. The van der Waals surface area contributed by atoms with Gasteiger partial charge in [0.05, 0.1) is 23.9 Å². The number of carbonyl (C=O) groups excluding carboxylic acids is 2. The number of piperidine rings is 1. The molecule has 1 spiro atoms. The monoisotopic (exact) mass is 386 g/mol. The van der Waals surface area contributed by atoms with Gasteiger partial charge in [0.15, 0.2) is 0 Å². The van der Waals surface area contributed by atoms with E-state index in [0.717, 1.165) is 5.69 Å². The predicted molar refractivity (Wildman–Crippen MR) is 101 cm³/mol. The van der Waals surface area contributed by atoms with E-state index >= 15 is 0 Å². The summed E-state index contributed by atoms with van der Waals surface area (Å²) in [6, 6.07) is 5.91. The summed E-state index contributed by atoms with van der Waals surface area (Å²) in [5.41, 5.74) is 1.64. The number of anilines is 1. The first-order valence-corrected chi connectivity index (χ1v) is 9.36. The summed E-state index contributed by atoms with van der Waals surface area (Å²) >= 11 is 0. The number of rotatable bonds is 2. The molecule has 2 fully saturated rings. The van der Waals surface area contributed by atoms with Crippen LogP contribution < -0.4 is 4.90 Å². The Bertz CT molecular complexity index is 901. The molecule has 148 valence electrons. The zero-order valence-corrected chi connectivity index (χ0v) is 16.0. The Kier molecular flexibility index (Phi) is 4.66. The van der Waals surface area contributed by atoms with Crippen LogP contribution in [0.3, 0.4) is 0 Å². The summed E-state index contributed by atoms with van der Waals surface area (Å²) in [4.78, 5) is 28.6. The summed E-state index contributed by atoms with van der Waals surface area (Å²) in [5.74, 6) is -0.499. The molecule has 0 radical (unpaired) electrons. The molecule has 2 aliphatic rings. The summed E-state index contributed by atoms with van der Waals surface area (Å²) in [6.45, 7) is 3.39. The van der Waals surface area contributed by atoms with Gasteiger partial charge in [-0.05, 0) is 44.0 Å². The Balaban J connectivity index is 1.46. The maximum absolute atomic E-state index is 13.2. The fraction of sp³-hybridized carbons (Fsp3) is 0.450. The number of carbonyl (C=O) groups is 2. The lowest BCUT2D eigenvalue weighted by atomic mass is 9.88. The standard InChI is InChI=1S/C20H23FN4O3/c1-14-17(11-22-23(14)2)19(27)24-9-7-20(8-10-24)13-25(18(26)12-28-20)16-5-3-15(21)4-6-16/h3-6,11H,7-10,12-13H2,1-2H3. The lowest BCUT2D eigenvalue weighted by molar-refractivity contribution is -0.143. The van der Waals surface area contributed by atoms with Crippen LogP contribution >= 0.6 is 0 Å². The molecule has 1 aromatic heterocycles. The van der Waals surface area contributed by atoms with Crippen LogP contribution in [0.5, 0.6) is 0 Å². The minimum atomic E-state index is -0.483. The van der Waals surface area contributed by atoms with E-state index < -0.39 is 5.60 Å². The number of hydrogen-bond donors (Lipinski definition) is 0. The largest absolute Gasteiger partial charge is 0.363 e. The Morgan fingerprint density at radius 1 is 1.21 bits per heavy atom. The highest BCUT2D eigenvalue weighted by atomic mass is 19.1. The van der Waals surface area contributed by atoms with Crippen molar-refractivity contribution < 1.29 is 18.7 Å². The molecule has 3 heterocycles. The maximum Gasteiger partial charge on any atom is 0.257 e. The van der Waals surface area contributed by atoms with Gasteiger partial charge >= 0.3 is 0 Å². The van der Waals surface area contributed by atoms with Crippen LogP contribution in [0.1, 0.15) is 28.9 Å². The Morgan fingerprint density at radius 3 is 2.50 bits per heavy atom. The van der Waals surface area contributed by atoms with Crippen molar-refractivity contribution in [3.05, 3.63) is 47.5 Å². The fourth-order valence-corrected chi connectivity index (χ4v) is 3.87. The number of likely N-dealkylation sites (tertiary alicyclic amines) is 1. The predicted octanol–water partition coefficient (Wildman–Crippen LogP) is 1.91. The molecule has 2 saturated heterocycles. The number of aromatic nitrogens is 2. The molecule has 1 aromatic carbocycles. The quantitative estimate of drug-likeness (QED) is 0.791. The average Bonchev–Trinajstić information content (AvgIpc) is 3.03. The van der Waals surface area contributed by atoms with E-state index in [9.17, 15) is 14.0 Å². The van der Waals surface area contributed by atoms with Crippen molar-refractivity contribution in [1.82, 2.24) is 14.7 Å². The van der Waals surface area contributed by atoms with Crippen molar-refractivity contribution in [2.75, 3.05) is 31.1 Å². The zero-order valence-electron chi connectivity index (χ0n) is 16.0. The molecular weight excluding hydrogens is 363 g/mol. The molecule has 7 nitrogen and oxygen atoms in total. The highest BCUT2D eigenvalue weighted by Crippen LogP contribution is 2.33. The highest BCUT2D eigenvalue weighted by Gasteiger charge is 2.43. The van der Waals surface area contributed by atoms with Gasteiger partial charge < -0.3 is 14.5 Å². The maximum atomic E-state index is 13.2. The molecule has 28 heavy (non-hydrogen) atoms. The summed E-state index contributed by atoms with van der Waals surface area (Å²) < 4.78 is 20.8. The molecule has 2 amide bonds. The van der Waals surface area contributed by atoms with E-state index in [2.05, 4.69) is 5.10 Å². The summed E-state index contributed by atoms with van der Waals surface area (Å²) in [7, 11) is 1.81. The highest BCUT2D eigenvalue weighted by molar-refractivity contribution is 5.96. The molecule has 0 atom stereocenters. The summed E-state index contributed by atoms with van der Waals surface area (Å²) in [6.07, 6.45) is 2.89. The van der Waals surface area contributed by atoms with Crippen LogP contribution in [0.25, 0.3) is 0 Å². The van der Waals surface area contributed by atoms with Gasteiger partial charge in [0.25, 0.3) is 11.8 Å². The third-order valence-corrected chi connectivity index (χ3v) is 5.81. The molecule has 0 N–H and O–H groups in total. The van der Waals surface area contributed by atoms with Crippen molar-refractivity contribution in [2.45, 2.75) is 25.4 Å². The molecule has 4 rings (SSSR count). The van der Waals surface area contributed by atoms with Crippen LogP contribution in [0, 0.1) is 12.7 Å². The first kappa shape index (κ1) is 18.6. The van der Waals surface area contributed by atoms with Gasteiger partial charge in [-0.3, -0.25) is 14.3 Å². The van der Waals surface area contributed by atoms with E-state index in [-0.39, 0.29) is 24.2 Å². The average molecular weight is 386 g/mol. The number of morpholine rings is 1. The number of aryl methyl sites for hydroxylation is 1. The van der Waals surface area contributed by atoms with Crippen molar-refractivity contribution in [1.29, 1.82) is 0 Å². The molecule has 0 unspecified atom stereocenters. The second kappa shape index (κ2) is 7.01. The molecular formula is C20H23FN4O3. The van der Waals surface area contributed by atoms with E-state index in [4.69, 9.17) is 4.74 Å². The van der Waals surface area contributed by atoms with Gasteiger partial charge in [0, 0.05) is 31.5 Å². The minimum Gasteiger partial charge on any atom is -0.363 e. The van der Waals surface area contributed by atoms with Crippen LogP contribution in [-0.4, -0.2) is 58.3 Å². The van der Waals surface area contributed by atoms with E-state index in [0.29, 0.717) is 43.7 Å². The number of ether oxygens (including phenoxy) is 1. The number of benzene rings is 1. The second-order valence-corrected chi connectivity index (χ2v) is 7.49. The molecule has 0 saturated carbocycles. The van der Waals surface area contributed by atoms with Crippen molar-refractivity contribution in [3.8, 4) is 0 Å².